The molecule has 1 nitrogen and oxygen atoms in total. The first-order valence-corrected chi connectivity index (χ1v) is 9.61. The molecule has 1 fully saturated rings. The second-order valence-electron chi connectivity index (χ2n) is 6.89. The molecule has 2 aromatic rings. The number of rotatable bonds is 2. The summed E-state index contributed by atoms with van der Waals surface area (Å²) in [7, 11) is 0. The molecule has 0 N–H and O–H groups in total. The van der Waals surface area contributed by atoms with E-state index in [1.54, 1.807) is 11.8 Å². The minimum atomic E-state index is -0.513. The van der Waals surface area contributed by atoms with Crippen LogP contribution in [-0.4, -0.2) is 5.78 Å². The van der Waals surface area contributed by atoms with Crippen LogP contribution in [0.25, 0.3) is 0 Å². The van der Waals surface area contributed by atoms with Crippen LogP contribution in [0.15, 0.2) is 48.5 Å². The van der Waals surface area contributed by atoms with Crippen LogP contribution in [0.1, 0.15) is 43.6 Å². The first-order valence-electron chi connectivity index (χ1n) is 7.98. The molecule has 0 aliphatic carbocycles. The van der Waals surface area contributed by atoms with Crippen molar-refractivity contribution in [2.45, 2.75) is 37.2 Å². The third kappa shape index (κ3) is 2.79. The van der Waals surface area contributed by atoms with Crippen LogP contribution in [0.2, 0.25) is 10.0 Å². The Bertz CT molecular complexity index is 787. The lowest BCUT2D eigenvalue weighted by atomic mass is 9.70. The van der Waals surface area contributed by atoms with Crippen LogP contribution in [-0.2, 0) is 9.54 Å². The van der Waals surface area contributed by atoms with Gasteiger partial charge < -0.3 is 0 Å². The number of Topliss-reactive ketones (excluding diaryl/α,β-unsaturated/α-hetero) is 1. The van der Waals surface area contributed by atoms with Crippen LogP contribution in [0, 0.1) is 5.41 Å². The van der Waals surface area contributed by atoms with Crippen LogP contribution in [0.5, 0.6) is 0 Å². The van der Waals surface area contributed by atoms with E-state index in [0.717, 1.165) is 11.1 Å². The highest BCUT2D eigenvalue weighted by Crippen LogP contribution is 2.62. The van der Waals surface area contributed by atoms with E-state index < -0.39 is 10.2 Å². The van der Waals surface area contributed by atoms with E-state index >= 15 is 0 Å². The summed E-state index contributed by atoms with van der Waals surface area (Å²) in [6.45, 7) is 6.17. The zero-order valence-electron chi connectivity index (χ0n) is 14.0. The average molecular weight is 379 g/mol. The van der Waals surface area contributed by atoms with Gasteiger partial charge in [-0.2, -0.15) is 0 Å². The summed E-state index contributed by atoms with van der Waals surface area (Å²) in [5.74, 6) is 0.244. The van der Waals surface area contributed by atoms with E-state index in [-0.39, 0.29) is 11.0 Å². The number of hydrogen-bond acceptors (Lipinski definition) is 2. The summed E-state index contributed by atoms with van der Waals surface area (Å²) in [6.07, 6.45) is 0.488. The summed E-state index contributed by atoms with van der Waals surface area (Å²) in [5, 5.41) is 1.44. The maximum absolute atomic E-state index is 13.0. The van der Waals surface area contributed by atoms with Gasteiger partial charge in [-0.3, -0.25) is 4.79 Å². The summed E-state index contributed by atoms with van der Waals surface area (Å²) in [5.41, 5.74) is 1.51. The SMILES string of the molecule is CC1(C)C(=O)C[C@H](c2ccccc2Cl)S[C@]1(C)c1ccccc1Cl. The first kappa shape index (κ1) is 17.8. The van der Waals surface area contributed by atoms with E-state index in [2.05, 4.69) is 6.92 Å². The summed E-state index contributed by atoms with van der Waals surface area (Å²) in [6, 6.07) is 15.6. The number of thioether (sulfide) groups is 1. The molecule has 0 spiro atoms. The van der Waals surface area contributed by atoms with Gasteiger partial charge in [-0.1, -0.05) is 73.4 Å². The minimum absolute atomic E-state index is 0.0282. The van der Waals surface area contributed by atoms with Crippen molar-refractivity contribution in [2.75, 3.05) is 0 Å². The van der Waals surface area contributed by atoms with Crippen molar-refractivity contribution in [2.24, 2.45) is 5.41 Å². The van der Waals surface area contributed by atoms with Gasteiger partial charge in [0.15, 0.2) is 0 Å². The Hall–Kier alpha value is -0.960. The highest BCUT2D eigenvalue weighted by Gasteiger charge is 2.54. The number of halogens is 2. The number of hydrogen-bond donors (Lipinski definition) is 0. The largest absolute Gasteiger partial charge is 0.299 e. The van der Waals surface area contributed by atoms with E-state index in [4.69, 9.17) is 23.2 Å². The van der Waals surface area contributed by atoms with Crippen molar-refractivity contribution in [3.05, 3.63) is 69.7 Å². The maximum Gasteiger partial charge on any atom is 0.141 e. The second-order valence-corrected chi connectivity index (χ2v) is 9.33. The Kier molecular flexibility index (Phi) is 4.76. The third-order valence-corrected chi connectivity index (χ3v) is 7.86. The first-order chi connectivity index (χ1) is 11.3. The number of ketones is 1. The topological polar surface area (TPSA) is 17.1 Å². The Balaban J connectivity index is 2.11. The molecule has 1 aliphatic heterocycles. The second kappa shape index (κ2) is 6.40. The van der Waals surface area contributed by atoms with Gasteiger partial charge in [-0.25, -0.2) is 0 Å². The van der Waals surface area contributed by atoms with Gasteiger partial charge in [0.25, 0.3) is 0 Å². The highest BCUT2D eigenvalue weighted by molar-refractivity contribution is 8.00. The molecule has 0 unspecified atom stereocenters. The zero-order chi connectivity index (χ0) is 17.5. The summed E-state index contributed by atoms with van der Waals surface area (Å²) in [4.78, 5) is 13.0. The van der Waals surface area contributed by atoms with Gasteiger partial charge in [0, 0.05) is 27.1 Å². The van der Waals surface area contributed by atoms with E-state index in [0.29, 0.717) is 16.5 Å². The van der Waals surface area contributed by atoms with Crippen molar-refractivity contribution in [3.8, 4) is 0 Å². The molecule has 0 aromatic heterocycles. The van der Waals surface area contributed by atoms with Crippen LogP contribution in [0.4, 0.5) is 0 Å². The molecule has 2 atom stereocenters. The summed E-state index contributed by atoms with van der Waals surface area (Å²) >= 11 is 14.7. The van der Waals surface area contributed by atoms with Crippen molar-refractivity contribution in [3.63, 3.8) is 0 Å². The molecule has 3 rings (SSSR count). The predicted molar refractivity (Wildman–Crippen MR) is 104 cm³/mol. The van der Waals surface area contributed by atoms with Gasteiger partial charge in [0.05, 0.1) is 4.75 Å². The summed E-state index contributed by atoms with van der Waals surface area (Å²) < 4.78 is -0.426. The Labute approximate surface area is 157 Å². The fourth-order valence-electron chi connectivity index (χ4n) is 3.32. The standard InChI is InChI=1S/C20H20Cl2OS/c1-19(2)18(23)12-17(13-8-4-6-10-15(13)21)24-20(19,3)14-9-5-7-11-16(14)22/h4-11,17H,12H2,1-3H3/t17-,20-/m1/s1. The molecule has 0 amide bonds. The molecule has 24 heavy (non-hydrogen) atoms. The third-order valence-electron chi connectivity index (χ3n) is 5.28. The fraction of sp³-hybridized carbons (Fsp3) is 0.350. The average Bonchev–Trinajstić information content (AvgIpc) is 2.53. The molecular formula is C20H20Cl2OS. The zero-order valence-corrected chi connectivity index (χ0v) is 16.3. The van der Waals surface area contributed by atoms with E-state index in [1.807, 2.05) is 62.4 Å². The van der Waals surface area contributed by atoms with Crippen molar-refractivity contribution in [1.82, 2.24) is 0 Å². The maximum atomic E-state index is 13.0. The smallest absolute Gasteiger partial charge is 0.141 e. The van der Waals surface area contributed by atoms with Gasteiger partial charge in [-0.05, 0) is 30.2 Å². The molecule has 4 heteroatoms. The van der Waals surface area contributed by atoms with Gasteiger partial charge in [0.2, 0.25) is 0 Å². The van der Waals surface area contributed by atoms with Crippen molar-refractivity contribution < 1.29 is 4.79 Å². The molecule has 0 saturated carbocycles. The molecule has 1 aliphatic rings. The van der Waals surface area contributed by atoms with Crippen LogP contribution in [0.3, 0.4) is 0 Å². The fourth-order valence-corrected chi connectivity index (χ4v) is 5.88. The lowest BCUT2D eigenvalue weighted by Gasteiger charge is -2.49. The Morgan fingerprint density at radius 1 is 0.958 bits per heavy atom. The predicted octanol–water partition coefficient (Wildman–Crippen LogP) is 6.68. The number of carbonyl (C=O) groups is 1. The molecule has 126 valence electrons. The number of benzene rings is 2. The lowest BCUT2D eigenvalue weighted by Crippen LogP contribution is -2.47. The monoisotopic (exact) mass is 378 g/mol. The Morgan fingerprint density at radius 3 is 2.17 bits per heavy atom. The molecule has 0 radical (unpaired) electrons. The van der Waals surface area contributed by atoms with Gasteiger partial charge >= 0.3 is 0 Å². The molecular weight excluding hydrogens is 359 g/mol. The van der Waals surface area contributed by atoms with Gasteiger partial charge in [0.1, 0.15) is 5.78 Å². The van der Waals surface area contributed by atoms with E-state index in [9.17, 15) is 4.79 Å². The molecule has 0 bridgehead atoms. The molecule has 1 heterocycles. The van der Waals surface area contributed by atoms with Crippen molar-refractivity contribution in [1.29, 1.82) is 0 Å². The quantitative estimate of drug-likeness (QED) is 0.579. The molecule has 2 aromatic carbocycles. The van der Waals surface area contributed by atoms with Gasteiger partial charge in [-0.15, -0.1) is 11.8 Å². The minimum Gasteiger partial charge on any atom is -0.299 e. The Morgan fingerprint density at radius 2 is 1.54 bits per heavy atom. The number of carbonyl (C=O) groups excluding carboxylic acids is 1. The normalized spacial score (nSPS) is 26.4. The van der Waals surface area contributed by atoms with Crippen LogP contribution >= 0.6 is 35.0 Å². The van der Waals surface area contributed by atoms with Crippen molar-refractivity contribution >= 4 is 40.7 Å². The lowest BCUT2D eigenvalue weighted by molar-refractivity contribution is -0.129. The van der Waals surface area contributed by atoms with E-state index in [1.165, 1.54) is 0 Å². The highest BCUT2D eigenvalue weighted by atomic mass is 35.5. The van der Waals surface area contributed by atoms with Crippen LogP contribution < -0.4 is 0 Å². The molecule has 1 saturated heterocycles.